The van der Waals surface area contributed by atoms with Crippen molar-refractivity contribution in [2.24, 2.45) is 7.05 Å². The number of hydrogen-bond acceptors (Lipinski definition) is 4. The second kappa shape index (κ2) is 6.59. The average Bonchev–Trinajstić information content (AvgIpc) is 2.80. The van der Waals surface area contributed by atoms with E-state index in [-0.39, 0.29) is 0 Å². The first-order chi connectivity index (χ1) is 10.6. The van der Waals surface area contributed by atoms with Crippen molar-refractivity contribution in [3.8, 4) is 5.88 Å². The molecule has 2 bridgehead atoms. The molecule has 0 aliphatic carbocycles. The summed E-state index contributed by atoms with van der Waals surface area (Å²) >= 11 is 0. The molecular weight excluding hydrogens is 276 g/mol. The molecule has 2 saturated heterocycles. The van der Waals surface area contributed by atoms with Crippen LogP contribution < -0.4 is 10.1 Å². The Hall–Kier alpha value is -1.07. The SMILES string of the molecule is CCc1nn(C)c(OC)c1CNC1C[C@H]2CCC[C@@H](C1)N2C. The van der Waals surface area contributed by atoms with Gasteiger partial charge in [0.05, 0.1) is 18.4 Å². The number of methoxy groups -OCH3 is 1. The molecule has 2 fully saturated rings. The maximum Gasteiger partial charge on any atom is 0.216 e. The van der Waals surface area contributed by atoms with Crippen molar-refractivity contribution >= 4 is 0 Å². The quantitative estimate of drug-likeness (QED) is 0.904. The number of aromatic nitrogens is 2. The van der Waals surface area contributed by atoms with Crippen molar-refractivity contribution in [1.82, 2.24) is 20.0 Å². The Morgan fingerprint density at radius 1 is 1.23 bits per heavy atom. The van der Waals surface area contributed by atoms with Crippen LogP contribution in [0.4, 0.5) is 0 Å². The van der Waals surface area contributed by atoms with Crippen LogP contribution in [0, 0.1) is 0 Å². The van der Waals surface area contributed by atoms with Crippen molar-refractivity contribution in [3.05, 3.63) is 11.3 Å². The van der Waals surface area contributed by atoms with Crippen LogP contribution in [-0.2, 0) is 20.0 Å². The van der Waals surface area contributed by atoms with Crippen LogP contribution in [0.15, 0.2) is 0 Å². The van der Waals surface area contributed by atoms with Gasteiger partial charge in [0.1, 0.15) is 0 Å². The van der Waals surface area contributed by atoms with E-state index < -0.39 is 0 Å². The van der Waals surface area contributed by atoms with Gasteiger partial charge in [0, 0.05) is 31.7 Å². The molecule has 0 amide bonds. The number of rotatable bonds is 5. The summed E-state index contributed by atoms with van der Waals surface area (Å²) < 4.78 is 7.40. The van der Waals surface area contributed by atoms with Crippen molar-refractivity contribution in [2.45, 2.75) is 70.1 Å². The number of nitrogens with one attached hydrogen (secondary N) is 1. The molecule has 5 heteroatoms. The maximum absolute atomic E-state index is 5.54. The van der Waals surface area contributed by atoms with Gasteiger partial charge < -0.3 is 15.0 Å². The number of ether oxygens (including phenoxy) is 1. The van der Waals surface area contributed by atoms with Gasteiger partial charge in [-0.1, -0.05) is 13.3 Å². The van der Waals surface area contributed by atoms with Crippen LogP contribution in [0.2, 0.25) is 0 Å². The highest BCUT2D eigenvalue weighted by molar-refractivity contribution is 5.31. The predicted octanol–water partition coefficient (Wildman–Crippen LogP) is 2.10. The van der Waals surface area contributed by atoms with E-state index in [0.29, 0.717) is 6.04 Å². The molecule has 2 aliphatic rings. The molecule has 1 aromatic heterocycles. The fourth-order valence-corrected chi connectivity index (χ4v) is 4.35. The molecule has 0 saturated carbocycles. The molecule has 124 valence electrons. The summed E-state index contributed by atoms with van der Waals surface area (Å²) in [6, 6.07) is 2.17. The minimum Gasteiger partial charge on any atom is -0.481 e. The van der Waals surface area contributed by atoms with Gasteiger partial charge in [-0.15, -0.1) is 0 Å². The molecule has 0 spiro atoms. The first-order valence-corrected chi connectivity index (χ1v) is 8.68. The van der Waals surface area contributed by atoms with E-state index in [1.165, 1.54) is 37.7 Å². The van der Waals surface area contributed by atoms with Gasteiger partial charge in [-0.25, -0.2) is 4.68 Å². The lowest BCUT2D eigenvalue weighted by atomic mass is 9.82. The van der Waals surface area contributed by atoms with E-state index in [1.807, 2.05) is 11.7 Å². The topological polar surface area (TPSA) is 42.3 Å². The van der Waals surface area contributed by atoms with E-state index in [4.69, 9.17) is 4.74 Å². The van der Waals surface area contributed by atoms with Gasteiger partial charge in [0.15, 0.2) is 0 Å². The molecule has 2 aliphatic heterocycles. The summed E-state index contributed by atoms with van der Waals surface area (Å²) in [7, 11) is 6.01. The maximum atomic E-state index is 5.54. The van der Waals surface area contributed by atoms with Crippen LogP contribution in [0.5, 0.6) is 5.88 Å². The lowest BCUT2D eigenvalue weighted by molar-refractivity contribution is 0.0482. The molecule has 22 heavy (non-hydrogen) atoms. The van der Waals surface area contributed by atoms with Gasteiger partial charge in [0.2, 0.25) is 5.88 Å². The Bertz CT molecular complexity index is 499. The smallest absolute Gasteiger partial charge is 0.216 e. The van der Waals surface area contributed by atoms with E-state index in [0.717, 1.165) is 36.6 Å². The summed E-state index contributed by atoms with van der Waals surface area (Å²) in [4.78, 5) is 2.61. The number of piperidine rings is 2. The summed E-state index contributed by atoms with van der Waals surface area (Å²) in [6.45, 7) is 3.03. The van der Waals surface area contributed by atoms with Crippen molar-refractivity contribution in [3.63, 3.8) is 0 Å². The Morgan fingerprint density at radius 2 is 1.91 bits per heavy atom. The highest BCUT2D eigenvalue weighted by atomic mass is 16.5. The van der Waals surface area contributed by atoms with Crippen LogP contribution >= 0.6 is 0 Å². The molecular formula is C17H30N4O. The van der Waals surface area contributed by atoms with Crippen molar-refractivity contribution < 1.29 is 4.74 Å². The van der Waals surface area contributed by atoms with Gasteiger partial charge >= 0.3 is 0 Å². The largest absolute Gasteiger partial charge is 0.481 e. The molecule has 3 heterocycles. The van der Waals surface area contributed by atoms with Crippen LogP contribution in [0.1, 0.15) is 50.3 Å². The zero-order valence-electron chi connectivity index (χ0n) is 14.4. The Labute approximate surface area is 134 Å². The number of fused-ring (bicyclic) bond motifs is 2. The molecule has 1 N–H and O–H groups in total. The predicted molar refractivity (Wildman–Crippen MR) is 88.2 cm³/mol. The molecule has 3 rings (SSSR count). The van der Waals surface area contributed by atoms with Crippen LogP contribution in [-0.4, -0.2) is 47.0 Å². The molecule has 3 atom stereocenters. The van der Waals surface area contributed by atoms with Crippen molar-refractivity contribution in [2.75, 3.05) is 14.2 Å². The highest BCUT2D eigenvalue weighted by Gasteiger charge is 2.35. The Morgan fingerprint density at radius 3 is 2.50 bits per heavy atom. The summed E-state index contributed by atoms with van der Waals surface area (Å²) in [6.07, 6.45) is 7.63. The van der Waals surface area contributed by atoms with Crippen LogP contribution in [0.25, 0.3) is 0 Å². The molecule has 0 aromatic carbocycles. The Balaban J connectivity index is 1.66. The normalized spacial score (nSPS) is 28.8. The molecule has 0 radical (unpaired) electrons. The summed E-state index contributed by atoms with van der Waals surface area (Å²) in [5.74, 6) is 0.900. The zero-order chi connectivity index (χ0) is 15.7. The third kappa shape index (κ3) is 2.88. The third-order valence-electron chi connectivity index (χ3n) is 5.61. The monoisotopic (exact) mass is 306 g/mol. The average molecular weight is 306 g/mol. The van der Waals surface area contributed by atoms with E-state index in [1.54, 1.807) is 7.11 Å². The fourth-order valence-electron chi connectivity index (χ4n) is 4.35. The van der Waals surface area contributed by atoms with Gasteiger partial charge in [0.25, 0.3) is 0 Å². The van der Waals surface area contributed by atoms with Crippen LogP contribution in [0.3, 0.4) is 0 Å². The summed E-state index contributed by atoms with van der Waals surface area (Å²) in [5.41, 5.74) is 2.39. The first-order valence-electron chi connectivity index (χ1n) is 8.68. The van der Waals surface area contributed by atoms with Crippen molar-refractivity contribution in [1.29, 1.82) is 0 Å². The minimum atomic E-state index is 0.626. The van der Waals surface area contributed by atoms with E-state index >= 15 is 0 Å². The second-order valence-electron chi connectivity index (χ2n) is 6.86. The standard InChI is InChI=1S/C17H30N4O/c1-5-16-15(17(22-4)21(3)19-16)11-18-12-9-13-7-6-8-14(10-12)20(13)2/h12-14,18H,5-11H2,1-4H3/t12?,13-,14+. The molecule has 1 unspecified atom stereocenters. The second-order valence-corrected chi connectivity index (χ2v) is 6.86. The van der Waals surface area contributed by atoms with Gasteiger partial charge in [-0.2, -0.15) is 5.10 Å². The van der Waals surface area contributed by atoms with E-state index in [9.17, 15) is 0 Å². The Kier molecular flexibility index (Phi) is 4.73. The minimum absolute atomic E-state index is 0.626. The lowest BCUT2D eigenvalue weighted by Crippen LogP contribution is -2.54. The van der Waals surface area contributed by atoms with E-state index in [2.05, 4.69) is 29.3 Å². The summed E-state index contributed by atoms with van der Waals surface area (Å²) in [5, 5.41) is 8.37. The van der Waals surface area contributed by atoms with Gasteiger partial charge in [-0.05, 0) is 39.2 Å². The number of hydrogen-bond donors (Lipinski definition) is 1. The first kappa shape index (κ1) is 15.8. The zero-order valence-corrected chi connectivity index (χ0v) is 14.4. The lowest BCUT2D eigenvalue weighted by Gasteiger charge is -2.47. The van der Waals surface area contributed by atoms with Gasteiger partial charge in [-0.3, -0.25) is 0 Å². The number of aryl methyl sites for hydroxylation is 2. The number of nitrogens with zero attached hydrogens (tertiary/aromatic N) is 3. The molecule has 1 aromatic rings. The highest BCUT2D eigenvalue weighted by Crippen LogP contribution is 2.33. The third-order valence-corrected chi connectivity index (χ3v) is 5.61. The fraction of sp³-hybridized carbons (Fsp3) is 0.824. The molecule has 5 nitrogen and oxygen atoms in total.